The molecule has 0 aromatic heterocycles. The van der Waals surface area contributed by atoms with Gasteiger partial charge in [0.1, 0.15) is 0 Å². The average Bonchev–Trinajstić information content (AvgIpc) is 2.17. The number of benzene rings is 1. The predicted molar refractivity (Wildman–Crippen MR) is 49.0 cm³/mol. The Morgan fingerprint density at radius 2 is 2.17 bits per heavy atom. The van der Waals surface area contributed by atoms with Crippen LogP contribution in [0, 0.1) is 0 Å². The number of hydrogen-bond donors (Lipinski definition) is 0. The van der Waals surface area contributed by atoms with Gasteiger partial charge in [0.25, 0.3) is 0 Å². The first kappa shape index (κ1) is 8.02. The van der Waals surface area contributed by atoms with Crippen LogP contribution in [0.3, 0.4) is 0 Å². The Bertz CT molecular complexity index is 272. The van der Waals surface area contributed by atoms with E-state index in [9.17, 15) is 0 Å². The zero-order chi connectivity index (χ0) is 8.39. The van der Waals surface area contributed by atoms with Crippen molar-refractivity contribution in [2.45, 2.75) is 25.4 Å². The zero-order valence-electron chi connectivity index (χ0n) is 6.92. The van der Waals surface area contributed by atoms with Crippen molar-refractivity contribution in [2.75, 3.05) is 0 Å². The molecule has 0 heterocycles. The zero-order valence-corrected chi connectivity index (χ0v) is 7.92. The fraction of sp³-hybridized carbons (Fsp3) is 0.400. The standard InChI is InChI=1S/C10H11OSi/c12-11-10-7-3-5-8-4-1-2-6-9(8)10/h1-2,4,6,10H,3,5,7H2. The molecule has 12 heavy (non-hydrogen) atoms. The van der Waals surface area contributed by atoms with Gasteiger partial charge in [-0.1, -0.05) is 24.3 Å². The van der Waals surface area contributed by atoms with Gasteiger partial charge < -0.3 is 4.43 Å². The highest BCUT2D eigenvalue weighted by Crippen LogP contribution is 2.31. The Morgan fingerprint density at radius 3 is 3.00 bits per heavy atom. The van der Waals surface area contributed by atoms with E-state index >= 15 is 0 Å². The highest BCUT2D eigenvalue weighted by Gasteiger charge is 2.17. The van der Waals surface area contributed by atoms with Crippen LogP contribution in [0.15, 0.2) is 24.3 Å². The molecule has 3 radical (unpaired) electrons. The normalized spacial score (nSPS) is 21.9. The van der Waals surface area contributed by atoms with Crippen molar-refractivity contribution in [3.05, 3.63) is 35.4 Å². The van der Waals surface area contributed by atoms with Crippen LogP contribution in [-0.4, -0.2) is 10.5 Å². The Hall–Kier alpha value is -0.603. The van der Waals surface area contributed by atoms with E-state index in [1.165, 1.54) is 24.0 Å². The SMILES string of the molecule is [Si]OC1CCCc2ccccc21. The molecule has 1 aromatic carbocycles. The summed E-state index contributed by atoms with van der Waals surface area (Å²) in [5.41, 5.74) is 2.78. The smallest absolute Gasteiger partial charge is 0.247 e. The van der Waals surface area contributed by atoms with Gasteiger partial charge in [0.15, 0.2) is 0 Å². The lowest BCUT2D eigenvalue weighted by Crippen LogP contribution is -2.11. The van der Waals surface area contributed by atoms with Crippen molar-refractivity contribution in [1.29, 1.82) is 0 Å². The molecule has 1 aromatic rings. The van der Waals surface area contributed by atoms with Crippen molar-refractivity contribution in [2.24, 2.45) is 0 Å². The molecule has 1 atom stereocenters. The van der Waals surface area contributed by atoms with Crippen LogP contribution in [0.4, 0.5) is 0 Å². The minimum absolute atomic E-state index is 0.256. The van der Waals surface area contributed by atoms with E-state index in [1.807, 2.05) is 0 Å². The molecule has 2 rings (SSSR count). The molecule has 61 valence electrons. The van der Waals surface area contributed by atoms with Gasteiger partial charge in [-0.3, -0.25) is 0 Å². The second-order valence-electron chi connectivity index (χ2n) is 3.20. The fourth-order valence-corrected chi connectivity index (χ4v) is 2.08. The molecule has 1 unspecified atom stereocenters. The summed E-state index contributed by atoms with van der Waals surface area (Å²) in [6.45, 7) is 0. The van der Waals surface area contributed by atoms with Gasteiger partial charge in [-0.05, 0) is 30.4 Å². The van der Waals surface area contributed by atoms with E-state index in [0.29, 0.717) is 0 Å². The Morgan fingerprint density at radius 1 is 1.33 bits per heavy atom. The van der Waals surface area contributed by atoms with Crippen LogP contribution in [0.1, 0.15) is 30.1 Å². The minimum Gasteiger partial charge on any atom is -0.412 e. The molecule has 0 fully saturated rings. The van der Waals surface area contributed by atoms with Gasteiger partial charge in [-0.15, -0.1) is 0 Å². The van der Waals surface area contributed by atoms with Crippen LogP contribution in [0.25, 0.3) is 0 Å². The third-order valence-corrected chi connectivity index (χ3v) is 2.74. The quantitative estimate of drug-likeness (QED) is 0.594. The number of hydrogen-bond acceptors (Lipinski definition) is 1. The first-order chi connectivity index (χ1) is 5.92. The fourth-order valence-electron chi connectivity index (χ4n) is 1.83. The van der Waals surface area contributed by atoms with Crippen LogP contribution >= 0.6 is 0 Å². The molecular weight excluding hydrogens is 164 g/mol. The van der Waals surface area contributed by atoms with Crippen LogP contribution in [-0.2, 0) is 10.8 Å². The highest BCUT2D eigenvalue weighted by atomic mass is 28.2. The lowest BCUT2D eigenvalue weighted by Gasteiger charge is -2.24. The van der Waals surface area contributed by atoms with E-state index in [-0.39, 0.29) is 6.10 Å². The monoisotopic (exact) mass is 175 g/mol. The second kappa shape index (κ2) is 3.41. The van der Waals surface area contributed by atoms with Gasteiger partial charge in [0, 0.05) is 0 Å². The largest absolute Gasteiger partial charge is 0.412 e. The third-order valence-electron chi connectivity index (χ3n) is 2.46. The van der Waals surface area contributed by atoms with Gasteiger partial charge in [-0.2, -0.15) is 0 Å². The molecule has 1 nitrogen and oxygen atoms in total. The van der Waals surface area contributed by atoms with Crippen LogP contribution < -0.4 is 0 Å². The number of fused-ring (bicyclic) bond motifs is 1. The molecule has 1 aliphatic rings. The number of aryl methyl sites for hydroxylation is 1. The van der Waals surface area contributed by atoms with Crippen molar-refractivity contribution < 1.29 is 4.43 Å². The molecule has 0 aliphatic heterocycles. The van der Waals surface area contributed by atoms with Crippen molar-refractivity contribution in [3.63, 3.8) is 0 Å². The summed E-state index contributed by atoms with van der Waals surface area (Å²) in [5.74, 6) is 0. The maximum absolute atomic E-state index is 5.22. The average molecular weight is 175 g/mol. The van der Waals surface area contributed by atoms with E-state index in [1.54, 1.807) is 0 Å². The van der Waals surface area contributed by atoms with Crippen LogP contribution in [0.5, 0.6) is 0 Å². The summed E-state index contributed by atoms with van der Waals surface area (Å²) in [4.78, 5) is 0. The molecule has 2 heteroatoms. The highest BCUT2D eigenvalue weighted by molar-refractivity contribution is 5.98. The van der Waals surface area contributed by atoms with Gasteiger partial charge in [-0.25, -0.2) is 0 Å². The summed E-state index contributed by atoms with van der Waals surface area (Å²) < 4.78 is 5.22. The lowest BCUT2D eigenvalue weighted by atomic mass is 9.90. The summed E-state index contributed by atoms with van der Waals surface area (Å²) >= 11 is 0. The topological polar surface area (TPSA) is 9.23 Å². The van der Waals surface area contributed by atoms with Crippen LogP contribution in [0.2, 0.25) is 0 Å². The molecular formula is C10H11OSi. The molecule has 0 saturated carbocycles. The van der Waals surface area contributed by atoms with Gasteiger partial charge >= 0.3 is 0 Å². The van der Waals surface area contributed by atoms with Crippen molar-refractivity contribution in [3.8, 4) is 0 Å². The third kappa shape index (κ3) is 1.32. The minimum atomic E-state index is 0.256. The second-order valence-corrected chi connectivity index (χ2v) is 3.43. The van der Waals surface area contributed by atoms with E-state index < -0.39 is 0 Å². The first-order valence-corrected chi connectivity index (χ1v) is 4.73. The van der Waals surface area contributed by atoms with E-state index in [2.05, 4.69) is 34.8 Å². The van der Waals surface area contributed by atoms with Crippen molar-refractivity contribution >= 4 is 10.5 Å². The van der Waals surface area contributed by atoms with E-state index in [4.69, 9.17) is 4.43 Å². The molecule has 0 saturated heterocycles. The lowest BCUT2D eigenvalue weighted by molar-refractivity contribution is 0.202. The predicted octanol–water partition coefficient (Wildman–Crippen LogP) is 2.16. The summed E-state index contributed by atoms with van der Waals surface area (Å²) in [7, 11) is 3.13. The first-order valence-electron chi connectivity index (χ1n) is 4.32. The molecule has 0 amide bonds. The van der Waals surface area contributed by atoms with Gasteiger partial charge in [0.05, 0.1) is 6.10 Å². The molecule has 0 spiro atoms. The summed E-state index contributed by atoms with van der Waals surface area (Å²) in [5, 5.41) is 0. The molecule has 0 bridgehead atoms. The number of rotatable bonds is 1. The Kier molecular flexibility index (Phi) is 2.28. The summed E-state index contributed by atoms with van der Waals surface area (Å²) in [6, 6.07) is 8.50. The summed E-state index contributed by atoms with van der Waals surface area (Å²) in [6.07, 6.45) is 3.81. The maximum Gasteiger partial charge on any atom is 0.247 e. The van der Waals surface area contributed by atoms with Crippen molar-refractivity contribution in [1.82, 2.24) is 0 Å². The van der Waals surface area contributed by atoms with Gasteiger partial charge in [0.2, 0.25) is 10.5 Å². The maximum atomic E-state index is 5.22. The molecule has 0 N–H and O–H groups in total. The Labute approximate surface area is 76.3 Å². The van der Waals surface area contributed by atoms with E-state index in [0.717, 1.165) is 6.42 Å². The molecule has 1 aliphatic carbocycles. The Balaban J connectivity index is 2.37.